The Labute approximate surface area is 118 Å². The Morgan fingerprint density at radius 3 is 3.00 bits per heavy atom. The Kier molecular flexibility index (Phi) is 4.04. The molecule has 102 valence electrons. The normalized spacial score (nSPS) is 16.9. The molecule has 0 fully saturated rings. The van der Waals surface area contributed by atoms with Crippen molar-refractivity contribution in [2.24, 2.45) is 0 Å². The molecule has 0 aliphatic heterocycles. The minimum absolute atomic E-state index is 0.378. The smallest absolute Gasteiger partial charge is 0.105 e. The lowest BCUT2D eigenvalue weighted by molar-refractivity contribution is 0.468. The summed E-state index contributed by atoms with van der Waals surface area (Å²) in [5, 5.41) is 3.43. The molecular weight excluding hydrogens is 254 g/mol. The van der Waals surface area contributed by atoms with E-state index in [0.29, 0.717) is 6.04 Å². The molecule has 2 aromatic heterocycles. The Hall–Kier alpha value is -1.06. The second-order valence-corrected chi connectivity index (χ2v) is 6.45. The fourth-order valence-electron chi connectivity index (χ4n) is 2.84. The summed E-state index contributed by atoms with van der Waals surface area (Å²) in [4.78, 5) is 3.08. The maximum absolute atomic E-state index is 5.47. The van der Waals surface area contributed by atoms with Gasteiger partial charge in [-0.2, -0.15) is 0 Å². The van der Waals surface area contributed by atoms with E-state index in [9.17, 15) is 0 Å². The molecule has 0 spiro atoms. The molecule has 0 saturated heterocycles. The van der Waals surface area contributed by atoms with Crippen molar-refractivity contribution in [1.82, 2.24) is 5.32 Å². The molecule has 1 aliphatic rings. The first kappa shape index (κ1) is 12.9. The fraction of sp³-hybridized carbons (Fsp3) is 0.500. The van der Waals surface area contributed by atoms with Gasteiger partial charge in [-0.1, -0.05) is 6.42 Å². The Balaban J connectivity index is 1.79. The van der Waals surface area contributed by atoms with E-state index >= 15 is 0 Å². The van der Waals surface area contributed by atoms with Crippen LogP contribution in [0.2, 0.25) is 0 Å². The second kappa shape index (κ2) is 5.93. The predicted molar refractivity (Wildman–Crippen MR) is 79.8 cm³/mol. The molecular formula is C16H21NOS. The zero-order valence-corrected chi connectivity index (χ0v) is 12.3. The highest BCUT2D eigenvalue weighted by Gasteiger charge is 2.18. The lowest BCUT2D eigenvalue weighted by atomic mass is 10.1. The summed E-state index contributed by atoms with van der Waals surface area (Å²) >= 11 is 2.00. The van der Waals surface area contributed by atoms with Crippen LogP contribution in [0.5, 0.6) is 0 Å². The van der Waals surface area contributed by atoms with Crippen molar-refractivity contribution < 1.29 is 4.42 Å². The number of hydrogen-bond acceptors (Lipinski definition) is 3. The van der Waals surface area contributed by atoms with Crippen LogP contribution in [0.4, 0.5) is 0 Å². The monoisotopic (exact) mass is 275 g/mol. The van der Waals surface area contributed by atoms with Gasteiger partial charge in [0.15, 0.2) is 0 Å². The Morgan fingerprint density at radius 2 is 2.21 bits per heavy atom. The minimum atomic E-state index is 0.378. The summed E-state index contributed by atoms with van der Waals surface area (Å²) in [5.74, 6) is 1.06. The van der Waals surface area contributed by atoms with Gasteiger partial charge in [-0.3, -0.25) is 0 Å². The number of nitrogens with one attached hydrogen (secondary N) is 1. The van der Waals surface area contributed by atoms with E-state index < -0.39 is 0 Å². The Morgan fingerprint density at radius 1 is 1.32 bits per heavy atom. The van der Waals surface area contributed by atoms with Gasteiger partial charge in [0, 0.05) is 22.2 Å². The summed E-state index contributed by atoms with van der Waals surface area (Å²) in [6.45, 7) is 0. The molecule has 0 bridgehead atoms. The standard InChI is InChI=1S/C16H21NOS/c1-17-14(11-13-7-5-9-18-13)16-10-12-6-3-2-4-8-15(12)19-16/h5,7,9-10,14,17H,2-4,6,8,11H2,1H3. The minimum Gasteiger partial charge on any atom is -0.469 e. The molecule has 1 N–H and O–H groups in total. The number of likely N-dealkylation sites (N-methyl/N-ethyl adjacent to an activating group) is 1. The van der Waals surface area contributed by atoms with Crippen molar-refractivity contribution in [3.63, 3.8) is 0 Å². The highest BCUT2D eigenvalue weighted by molar-refractivity contribution is 7.12. The number of rotatable bonds is 4. The molecule has 0 aromatic carbocycles. The highest BCUT2D eigenvalue weighted by atomic mass is 32.1. The molecule has 2 nitrogen and oxygen atoms in total. The van der Waals surface area contributed by atoms with Crippen molar-refractivity contribution in [3.05, 3.63) is 45.5 Å². The van der Waals surface area contributed by atoms with Crippen molar-refractivity contribution >= 4 is 11.3 Å². The highest BCUT2D eigenvalue weighted by Crippen LogP contribution is 2.33. The molecule has 2 aromatic rings. The van der Waals surface area contributed by atoms with Gasteiger partial charge in [0.25, 0.3) is 0 Å². The van der Waals surface area contributed by atoms with E-state index in [4.69, 9.17) is 4.42 Å². The van der Waals surface area contributed by atoms with Crippen molar-refractivity contribution in [3.8, 4) is 0 Å². The summed E-state index contributed by atoms with van der Waals surface area (Å²) in [5.41, 5.74) is 1.59. The van der Waals surface area contributed by atoms with Crippen LogP contribution in [0.15, 0.2) is 28.9 Å². The van der Waals surface area contributed by atoms with Gasteiger partial charge in [0.1, 0.15) is 5.76 Å². The number of furan rings is 1. The predicted octanol–water partition coefficient (Wildman–Crippen LogP) is 4.11. The molecule has 1 unspecified atom stereocenters. The maximum Gasteiger partial charge on any atom is 0.105 e. The van der Waals surface area contributed by atoms with Crippen LogP contribution >= 0.6 is 11.3 Å². The average molecular weight is 275 g/mol. The van der Waals surface area contributed by atoms with E-state index in [1.54, 1.807) is 16.7 Å². The summed E-state index contributed by atoms with van der Waals surface area (Å²) in [7, 11) is 2.04. The van der Waals surface area contributed by atoms with Crippen LogP contribution in [-0.2, 0) is 19.3 Å². The van der Waals surface area contributed by atoms with Crippen LogP contribution in [-0.4, -0.2) is 7.05 Å². The van der Waals surface area contributed by atoms with Gasteiger partial charge >= 0.3 is 0 Å². The van der Waals surface area contributed by atoms with Crippen molar-refractivity contribution in [1.29, 1.82) is 0 Å². The van der Waals surface area contributed by atoms with E-state index in [0.717, 1.165) is 12.2 Å². The maximum atomic E-state index is 5.47. The number of hydrogen-bond donors (Lipinski definition) is 1. The first-order chi connectivity index (χ1) is 9.36. The van der Waals surface area contributed by atoms with Crippen molar-refractivity contribution in [2.75, 3.05) is 7.05 Å². The number of fused-ring (bicyclic) bond motifs is 1. The summed E-state index contributed by atoms with van der Waals surface area (Å²) in [6, 6.07) is 6.83. The molecule has 2 heterocycles. The SMILES string of the molecule is CNC(Cc1ccco1)c1cc2c(s1)CCCCC2. The molecule has 19 heavy (non-hydrogen) atoms. The first-order valence-electron chi connectivity index (χ1n) is 7.18. The molecule has 3 rings (SSSR count). The van der Waals surface area contributed by atoms with E-state index in [1.807, 2.05) is 24.5 Å². The Bertz CT molecular complexity index is 491. The second-order valence-electron chi connectivity index (χ2n) is 5.28. The van der Waals surface area contributed by atoms with Gasteiger partial charge < -0.3 is 9.73 Å². The first-order valence-corrected chi connectivity index (χ1v) is 7.99. The lowest BCUT2D eigenvalue weighted by Gasteiger charge is -2.12. The van der Waals surface area contributed by atoms with Gasteiger partial charge in [-0.15, -0.1) is 11.3 Å². The average Bonchev–Trinajstić information content (AvgIpc) is 3.02. The van der Waals surface area contributed by atoms with Crippen LogP contribution in [0.25, 0.3) is 0 Å². The molecule has 1 atom stereocenters. The fourth-order valence-corrected chi connectivity index (χ4v) is 4.20. The molecule has 1 aliphatic carbocycles. The third-order valence-corrected chi connectivity index (χ3v) is 5.29. The number of aryl methyl sites for hydroxylation is 2. The van der Waals surface area contributed by atoms with Crippen LogP contribution in [0.3, 0.4) is 0 Å². The largest absolute Gasteiger partial charge is 0.469 e. The quantitative estimate of drug-likeness (QED) is 0.849. The van der Waals surface area contributed by atoms with E-state index in [-0.39, 0.29) is 0 Å². The third-order valence-electron chi connectivity index (χ3n) is 3.94. The zero-order chi connectivity index (χ0) is 13.1. The molecule has 3 heteroatoms. The molecule has 0 radical (unpaired) electrons. The molecule has 0 amide bonds. The summed E-state index contributed by atoms with van der Waals surface area (Å²) < 4.78 is 5.47. The topological polar surface area (TPSA) is 25.2 Å². The van der Waals surface area contributed by atoms with Crippen molar-refractivity contribution in [2.45, 2.75) is 44.6 Å². The van der Waals surface area contributed by atoms with Gasteiger partial charge in [-0.25, -0.2) is 0 Å². The van der Waals surface area contributed by atoms with E-state index in [2.05, 4.69) is 17.4 Å². The number of thiophene rings is 1. The molecule has 0 saturated carbocycles. The summed E-state index contributed by atoms with van der Waals surface area (Å²) in [6.07, 6.45) is 9.33. The van der Waals surface area contributed by atoms with Crippen LogP contribution in [0, 0.1) is 0 Å². The lowest BCUT2D eigenvalue weighted by Crippen LogP contribution is -2.17. The van der Waals surface area contributed by atoms with Gasteiger partial charge in [0.05, 0.1) is 6.26 Å². The van der Waals surface area contributed by atoms with Crippen LogP contribution < -0.4 is 5.32 Å². The van der Waals surface area contributed by atoms with Crippen LogP contribution in [0.1, 0.15) is 46.4 Å². The third kappa shape index (κ3) is 2.93. The van der Waals surface area contributed by atoms with E-state index in [1.165, 1.54) is 37.0 Å². The zero-order valence-electron chi connectivity index (χ0n) is 11.4. The van der Waals surface area contributed by atoms with Gasteiger partial charge in [-0.05, 0) is 56.5 Å². The van der Waals surface area contributed by atoms with Gasteiger partial charge in [0.2, 0.25) is 0 Å².